The van der Waals surface area contributed by atoms with E-state index in [1.165, 1.54) is 31.9 Å². The summed E-state index contributed by atoms with van der Waals surface area (Å²) in [5.41, 5.74) is 0.727. The number of hydrogen-bond acceptors (Lipinski definition) is 4. The zero-order chi connectivity index (χ0) is 13.9. The van der Waals surface area contributed by atoms with Crippen molar-refractivity contribution in [1.82, 2.24) is 0 Å². The quantitative estimate of drug-likeness (QED) is 0.907. The first kappa shape index (κ1) is 14.7. The van der Waals surface area contributed by atoms with Crippen LogP contribution in [0.1, 0.15) is 25.7 Å². The van der Waals surface area contributed by atoms with E-state index in [1.54, 1.807) is 12.1 Å². The van der Waals surface area contributed by atoms with Gasteiger partial charge in [0.2, 0.25) is 0 Å². The Balaban J connectivity index is 2.16. The van der Waals surface area contributed by atoms with Gasteiger partial charge >= 0.3 is 0 Å². The van der Waals surface area contributed by atoms with Crippen LogP contribution in [0.15, 0.2) is 29.2 Å². The van der Waals surface area contributed by atoms with Gasteiger partial charge in [-0.15, -0.1) is 0 Å². The van der Waals surface area contributed by atoms with Crippen molar-refractivity contribution in [3.8, 4) is 0 Å². The molecule has 3 nitrogen and oxygen atoms in total. The van der Waals surface area contributed by atoms with Crippen LogP contribution in [0.5, 0.6) is 0 Å². The van der Waals surface area contributed by atoms with Crippen molar-refractivity contribution in [2.75, 3.05) is 24.4 Å². The average Bonchev–Trinajstić information content (AvgIpc) is 2.85. The van der Waals surface area contributed by atoms with Crippen molar-refractivity contribution in [3.63, 3.8) is 0 Å². The normalized spacial score (nSPS) is 18.4. The Labute approximate surface area is 120 Å². The van der Waals surface area contributed by atoms with Gasteiger partial charge in [0.15, 0.2) is 9.84 Å². The molecule has 0 heterocycles. The van der Waals surface area contributed by atoms with Gasteiger partial charge in [-0.3, -0.25) is 0 Å². The molecule has 1 aromatic rings. The van der Waals surface area contributed by atoms with Crippen molar-refractivity contribution in [3.05, 3.63) is 24.3 Å². The molecule has 1 aromatic carbocycles. The van der Waals surface area contributed by atoms with E-state index < -0.39 is 9.84 Å². The number of nitrogens with one attached hydrogen (secondary N) is 1. The van der Waals surface area contributed by atoms with Gasteiger partial charge in [-0.25, -0.2) is 8.42 Å². The first-order chi connectivity index (χ1) is 8.97. The summed E-state index contributed by atoms with van der Waals surface area (Å²) in [6.07, 6.45) is 8.37. The fraction of sp³-hybridized carbons (Fsp3) is 0.571. The molecule has 1 N–H and O–H groups in total. The van der Waals surface area contributed by atoms with Crippen molar-refractivity contribution in [2.24, 2.45) is 0 Å². The van der Waals surface area contributed by atoms with Crippen molar-refractivity contribution < 1.29 is 8.42 Å². The first-order valence-corrected chi connectivity index (χ1v) is 9.67. The molecule has 0 unspecified atom stereocenters. The Morgan fingerprint density at radius 3 is 2.47 bits per heavy atom. The van der Waals surface area contributed by atoms with Gasteiger partial charge in [0.05, 0.1) is 10.6 Å². The van der Waals surface area contributed by atoms with E-state index in [9.17, 15) is 8.42 Å². The van der Waals surface area contributed by atoms with Gasteiger partial charge in [0.25, 0.3) is 0 Å². The second kappa shape index (κ2) is 5.75. The van der Waals surface area contributed by atoms with E-state index in [0.717, 1.165) is 12.2 Å². The molecule has 0 atom stereocenters. The van der Waals surface area contributed by atoms with E-state index >= 15 is 0 Å². The molecule has 0 aromatic heterocycles. The molecule has 0 saturated heterocycles. The number of thioether (sulfide) groups is 1. The Morgan fingerprint density at radius 2 is 1.89 bits per heavy atom. The molecule has 0 radical (unpaired) electrons. The monoisotopic (exact) mass is 299 g/mol. The summed E-state index contributed by atoms with van der Waals surface area (Å²) < 4.78 is 23.8. The fourth-order valence-corrected chi connectivity index (χ4v) is 4.44. The van der Waals surface area contributed by atoms with E-state index in [2.05, 4.69) is 11.6 Å². The molecule has 106 valence electrons. The lowest BCUT2D eigenvalue weighted by Crippen LogP contribution is -2.30. The molecule has 0 aliphatic heterocycles. The van der Waals surface area contributed by atoms with Gasteiger partial charge in [0.1, 0.15) is 0 Å². The highest BCUT2D eigenvalue weighted by molar-refractivity contribution is 8.00. The van der Waals surface area contributed by atoms with Crippen LogP contribution in [0.4, 0.5) is 5.69 Å². The van der Waals surface area contributed by atoms with Gasteiger partial charge < -0.3 is 5.32 Å². The maximum Gasteiger partial charge on any atom is 0.177 e. The largest absolute Gasteiger partial charge is 0.383 e. The highest BCUT2D eigenvalue weighted by atomic mass is 32.2. The van der Waals surface area contributed by atoms with Gasteiger partial charge in [-0.2, -0.15) is 11.8 Å². The third-order valence-electron chi connectivity index (χ3n) is 3.84. The van der Waals surface area contributed by atoms with Crippen LogP contribution in [0.2, 0.25) is 0 Å². The van der Waals surface area contributed by atoms with Crippen LogP contribution in [0.25, 0.3) is 0 Å². The molecule has 1 fully saturated rings. The van der Waals surface area contributed by atoms with Crippen molar-refractivity contribution >= 4 is 27.3 Å². The Morgan fingerprint density at radius 1 is 1.26 bits per heavy atom. The Bertz CT molecular complexity index is 534. The first-order valence-electron chi connectivity index (χ1n) is 6.55. The summed E-state index contributed by atoms with van der Waals surface area (Å²) in [5, 5.41) is 3.35. The van der Waals surface area contributed by atoms with Gasteiger partial charge in [-0.05, 0) is 31.2 Å². The second-order valence-corrected chi connectivity index (χ2v) is 8.47. The summed E-state index contributed by atoms with van der Waals surface area (Å²) in [6, 6.07) is 7.15. The molecule has 5 heteroatoms. The zero-order valence-corrected chi connectivity index (χ0v) is 13.1. The van der Waals surface area contributed by atoms with Crippen molar-refractivity contribution in [2.45, 2.75) is 35.3 Å². The smallest absolute Gasteiger partial charge is 0.177 e. The maximum atomic E-state index is 11.8. The number of hydrogen-bond donors (Lipinski definition) is 1. The molecule has 1 aliphatic carbocycles. The van der Waals surface area contributed by atoms with E-state index in [1.807, 2.05) is 23.9 Å². The summed E-state index contributed by atoms with van der Waals surface area (Å²) in [6.45, 7) is 0.834. The number of sulfone groups is 1. The summed E-state index contributed by atoms with van der Waals surface area (Å²) in [5.74, 6) is 0. The Hall–Kier alpha value is -0.680. The van der Waals surface area contributed by atoms with Crippen LogP contribution < -0.4 is 5.32 Å². The zero-order valence-electron chi connectivity index (χ0n) is 11.5. The Kier molecular flexibility index (Phi) is 4.46. The average molecular weight is 299 g/mol. The van der Waals surface area contributed by atoms with Crippen LogP contribution in [-0.2, 0) is 9.84 Å². The maximum absolute atomic E-state index is 11.8. The number of benzene rings is 1. The molecule has 2 rings (SSSR count). The molecule has 19 heavy (non-hydrogen) atoms. The minimum atomic E-state index is -3.18. The van der Waals surface area contributed by atoms with E-state index in [4.69, 9.17) is 0 Å². The van der Waals surface area contributed by atoms with Crippen LogP contribution in [0.3, 0.4) is 0 Å². The summed E-state index contributed by atoms with van der Waals surface area (Å²) in [7, 11) is -3.18. The van der Waals surface area contributed by atoms with Crippen LogP contribution in [0, 0.1) is 0 Å². The topological polar surface area (TPSA) is 46.2 Å². The lowest BCUT2D eigenvalue weighted by molar-refractivity contribution is 0.601. The third kappa shape index (κ3) is 3.45. The molecular weight excluding hydrogens is 278 g/mol. The third-order valence-corrected chi connectivity index (χ3v) is 6.41. The van der Waals surface area contributed by atoms with Crippen molar-refractivity contribution in [1.29, 1.82) is 0 Å². The van der Waals surface area contributed by atoms with Gasteiger partial charge in [0, 0.05) is 17.5 Å². The molecule has 1 saturated carbocycles. The van der Waals surface area contributed by atoms with E-state index in [0.29, 0.717) is 4.90 Å². The lowest BCUT2D eigenvalue weighted by atomic mass is 10.1. The number of para-hydroxylation sites is 1. The molecule has 0 bridgehead atoms. The fourth-order valence-electron chi connectivity index (χ4n) is 2.66. The predicted octanol–water partition coefficient (Wildman–Crippen LogP) is 3.18. The lowest BCUT2D eigenvalue weighted by Gasteiger charge is -2.28. The number of anilines is 1. The minimum absolute atomic E-state index is 0.268. The highest BCUT2D eigenvalue weighted by Crippen LogP contribution is 2.40. The molecule has 1 aliphatic rings. The highest BCUT2D eigenvalue weighted by Gasteiger charge is 2.32. The van der Waals surface area contributed by atoms with Crippen LogP contribution >= 0.6 is 11.8 Å². The van der Waals surface area contributed by atoms with Gasteiger partial charge in [-0.1, -0.05) is 25.0 Å². The SMILES string of the molecule is CSC1(CNc2ccccc2S(C)(=O)=O)CCCC1. The van der Waals surface area contributed by atoms with E-state index in [-0.39, 0.29) is 4.75 Å². The number of rotatable bonds is 5. The standard InChI is InChI=1S/C14H21NO2S2/c1-18-14(9-5-6-10-14)11-15-12-7-3-4-8-13(12)19(2,16)17/h3-4,7-8,15H,5-6,9-11H2,1-2H3. The summed E-state index contributed by atoms with van der Waals surface area (Å²) in [4.78, 5) is 0.393. The minimum Gasteiger partial charge on any atom is -0.383 e. The second-order valence-electron chi connectivity index (χ2n) is 5.22. The van der Waals surface area contributed by atoms with Crippen LogP contribution in [-0.4, -0.2) is 32.2 Å². The predicted molar refractivity (Wildman–Crippen MR) is 82.8 cm³/mol. The molecular formula is C14H21NO2S2. The molecule has 0 amide bonds. The summed E-state index contributed by atoms with van der Waals surface area (Å²) >= 11 is 1.90. The molecule has 0 spiro atoms.